The quantitative estimate of drug-likeness (QED) is 0.213. The van der Waals surface area contributed by atoms with Crippen LogP contribution < -0.4 is 10.4 Å². The van der Waals surface area contributed by atoms with Gasteiger partial charge in [0.25, 0.3) is 8.32 Å². The van der Waals surface area contributed by atoms with Crippen molar-refractivity contribution >= 4 is 24.7 Å². The van der Waals surface area contributed by atoms with E-state index in [0.717, 1.165) is 43.1 Å². The average Bonchev–Trinajstić information content (AvgIpc) is 3.66. The van der Waals surface area contributed by atoms with Gasteiger partial charge in [-0.3, -0.25) is 4.79 Å². The van der Waals surface area contributed by atoms with Gasteiger partial charge >= 0.3 is 5.97 Å². The van der Waals surface area contributed by atoms with Crippen molar-refractivity contribution in [3.05, 3.63) is 77.7 Å². The van der Waals surface area contributed by atoms with Crippen LogP contribution in [0.3, 0.4) is 0 Å². The third kappa shape index (κ3) is 6.39. The third-order valence-corrected chi connectivity index (χ3v) is 14.2. The standard InChI is InChI=1S/C35H47NO4Si/c1-24(2)20-25-21-28(22-25)34-32(26-16-17-26)33(36-40-34)27(23-31(37)38)18-19-39-41(35(3,4)5,29-12-8-6-9-13-29)30-14-10-7-11-15-30/h6-15,24-28H,16-23H2,1-5H3,(H,37,38). The molecule has 2 aromatic carbocycles. The summed E-state index contributed by atoms with van der Waals surface area (Å²) >= 11 is 0. The Labute approximate surface area is 246 Å². The lowest BCUT2D eigenvalue weighted by molar-refractivity contribution is -0.137. The van der Waals surface area contributed by atoms with Crippen molar-refractivity contribution in [2.75, 3.05) is 6.61 Å². The molecule has 1 N–H and O–H groups in total. The summed E-state index contributed by atoms with van der Waals surface area (Å²) in [5.74, 6) is 2.38. The zero-order valence-electron chi connectivity index (χ0n) is 25.4. The molecule has 1 unspecified atom stereocenters. The first-order chi connectivity index (χ1) is 19.6. The van der Waals surface area contributed by atoms with E-state index in [0.29, 0.717) is 30.8 Å². The molecular formula is C35H47NO4Si. The minimum Gasteiger partial charge on any atom is -0.481 e. The SMILES string of the molecule is CC(C)CC1CC(c2onc(C(CCO[Si](c3ccccc3)(c3ccccc3)C(C)(C)C)CC(=O)O)c2C2CC2)C1. The lowest BCUT2D eigenvalue weighted by atomic mass is 9.69. The normalized spacial score (nSPS) is 20.1. The molecule has 0 amide bonds. The van der Waals surface area contributed by atoms with Gasteiger partial charge in [-0.1, -0.05) is 100 Å². The summed E-state index contributed by atoms with van der Waals surface area (Å²) in [6, 6.07) is 21.2. The summed E-state index contributed by atoms with van der Waals surface area (Å²) in [7, 11) is -2.70. The Hall–Kier alpha value is -2.70. The molecule has 1 heterocycles. The Morgan fingerprint density at radius 3 is 2.07 bits per heavy atom. The van der Waals surface area contributed by atoms with Crippen LogP contribution in [0.5, 0.6) is 0 Å². The number of carboxylic acid groups (broad SMARTS) is 1. The minimum atomic E-state index is -2.70. The highest BCUT2D eigenvalue weighted by atomic mass is 28.4. The van der Waals surface area contributed by atoms with Gasteiger partial charge in [-0.05, 0) is 71.7 Å². The Morgan fingerprint density at radius 1 is 1.00 bits per heavy atom. The number of hydrogen-bond acceptors (Lipinski definition) is 4. The minimum absolute atomic E-state index is 0.0381. The molecule has 0 spiro atoms. The predicted molar refractivity (Wildman–Crippen MR) is 167 cm³/mol. The van der Waals surface area contributed by atoms with E-state index in [1.807, 2.05) is 12.1 Å². The van der Waals surface area contributed by atoms with E-state index in [2.05, 4.69) is 88.3 Å². The summed E-state index contributed by atoms with van der Waals surface area (Å²) in [6.45, 7) is 11.9. The van der Waals surface area contributed by atoms with Gasteiger partial charge in [-0.2, -0.15) is 0 Å². The summed E-state index contributed by atoms with van der Waals surface area (Å²) in [5.41, 5.74) is 2.11. The molecule has 2 aliphatic carbocycles. The van der Waals surface area contributed by atoms with E-state index < -0.39 is 14.3 Å². The second-order valence-electron chi connectivity index (χ2n) is 13.9. The number of hydrogen-bond donors (Lipinski definition) is 1. The molecule has 1 atom stereocenters. The van der Waals surface area contributed by atoms with E-state index in [1.165, 1.54) is 22.4 Å². The molecule has 1 aromatic heterocycles. The zero-order valence-corrected chi connectivity index (χ0v) is 26.4. The van der Waals surface area contributed by atoms with E-state index in [1.54, 1.807) is 0 Å². The molecule has 220 valence electrons. The van der Waals surface area contributed by atoms with E-state index in [-0.39, 0.29) is 17.4 Å². The highest BCUT2D eigenvalue weighted by molar-refractivity contribution is 6.99. The lowest BCUT2D eigenvalue weighted by Gasteiger charge is -2.43. The molecule has 5 rings (SSSR count). The Morgan fingerprint density at radius 2 is 1.59 bits per heavy atom. The van der Waals surface area contributed by atoms with Crippen LogP contribution in [0, 0.1) is 11.8 Å². The first-order valence-electron chi connectivity index (χ1n) is 15.6. The van der Waals surface area contributed by atoms with Crippen LogP contribution in [0.25, 0.3) is 0 Å². The van der Waals surface area contributed by atoms with Crippen LogP contribution in [0.15, 0.2) is 65.2 Å². The van der Waals surface area contributed by atoms with E-state index in [4.69, 9.17) is 8.95 Å². The van der Waals surface area contributed by atoms with Crippen molar-refractivity contribution in [1.82, 2.24) is 5.16 Å². The maximum Gasteiger partial charge on any atom is 0.304 e. The van der Waals surface area contributed by atoms with E-state index >= 15 is 0 Å². The Bertz CT molecular complexity index is 1250. The molecule has 5 nitrogen and oxygen atoms in total. The molecule has 2 fully saturated rings. The number of carbonyl (C=O) groups is 1. The van der Waals surface area contributed by atoms with Crippen LogP contribution in [0.2, 0.25) is 5.04 Å². The van der Waals surface area contributed by atoms with Crippen molar-refractivity contribution in [2.45, 2.75) is 102 Å². The third-order valence-electron chi connectivity index (χ3n) is 9.19. The van der Waals surface area contributed by atoms with Gasteiger partial charge in [0.15, 0.2) is 0 Å². The fraction of sp³-hybridized carbons (Fsp3) is 0.543. The maximum absolute atomic E-state index is 12.1. The van der Waals surface area contributed by atoms with Gasteiger partial charge in [0.1, 0.15) is 5.76 Å². The summed E-state index contributed by atoms with van der Waals surface area (Å²) < 4.78 is 13.2. The van der Waals surface area contributed by atoms with Crippen molar-refractivity contribution in [2.24, 2.45) is 11.8 Å². The maximum atomic E-state index is 12.1. The number of rotatable bonds is 13. The Balaban J connectivity index is 1.41. The summed E-state index contributed by atoms with van der Waals surface area (Å²) in [5, 5.41) is 16.9. The van der Waals surface area contributed by atoms with Crippen LogP contribution in [-0.4, -0.2) is 31.2 Å². The van der Waals surface area contributed by atoms with Gasteiger partial charge in [0.05, 0.1) is 12.1 Å². The molecule has 0 saturated heterocycles. The summed E-state index contributed by atoms with van der Waals surface area (Å²) in [6.07, 6.45) is 6.50. The van der Waals surface area contributed by atoms with Crippen LogP contribution >= 0.6 is 0 Å². The van der Waals surface area contributed by atoms with Crippen LogP contribution in [-0.2, 0) is 9.22 Å². The topological polar surface area (TPSA) is 72.6 Å². The molecule has 3 aromatic rings. The highest BCUT2D eigenvalue weighted by Gasteiger charge is 2.50. The van der Waals surface area contributed by atoms with Gasteiger partial charge in [-0.25, -0.2) is 0 Å². The average molecular weight is 574 g/mol. The summed E-state index contributed by atoms with van der Waals surface area (Å²) in [4.78, 5) is 12.1. The highest BCUT2D eigenvalue weighted by Crippen LogP contribution is 2.53. The molecule has 0 radical (unpaired) electrons. The number of carboxylic acids is 1. The van der Waals surface area contributed by atoms with Crippen LogP contribution in [0.4, 0.5) is 0 Å². The zero-order chi connectivity index (χ0) is 29.2. The molecule has 2 saturated carbocycles. The molecule has 0 bridgehead atoms. The van der Waals surface area contributed by atoms with Gasteiger partial charge in [0, 0.05) is 24.0 Å². The second-order valence-corrected chi connectivity index (χ2v) is 18.2. The first kappa shape index (κ1) is 29.8. The van der Waals surface area contributed by atoms with E-state index in [9.17, 15) is 9.90 Å². The van der Waals surface area contributed by atoms with Crippen molar-refractivity contribution in [3.8, 4) is 0 Å². The smallest absolute Gasteiger partial charge is 0.304 e. The van der Waals surface area contributed by atoms with Gasteiger partial charge < -0.3 is 14.1 Å². The van der Waals surface area contributed by atoms with Gasteiger partial charge in [0.2, 0.25) is 0 Å². The molecule has 6 heteroatoms. The van der Waals surface area contributed by atoms with Crippen LogP contribution in [0.1, 0.15) is 114 Å². The monoisotopic (exact) mass is 573 g/mol. The number of benzene rings is 2. The molecule has 0 aliphatic heterocycles. The van der Waals surface area contributed by atoms with Gasteiger partial charge in [-0.15, -0.1) is 0 Å². The second kappa shape index (κ2) is 12.3. The molecular weight excluding hydrogens is 526 g/mol. The number of aromatic nitrogens is 1. The fourth-order valence-corrected chi connectivity index (χ4v) is 11.7. The fourth-order valence-electron chi connectivity index (χ4n) is 7.17. The molecule has 2 aliphatic rings. The Kier molecular flexibility index (Phi) is 8.91. The molecule has 41 heavy (non-hydrogen) atoms. The number of aliphatic carboxylic acids is 1. The predicted octanol–water partition coefficient (Wildman–Crippen LogP) is 7.62. The largest absolute Gasteiger partial charge is 0.481 e. The van der Waals surface area contributed by atoms with Crippen molar-refractivity contribution < 1.29 is 18.9 Å². The lowest BCUT2D eigenvalue weighted by Crippen LogP contribution is -2.66. The first-order valence-corrected chi connectivity index (χ1v) is 17.5. The number of nitrogens with zero attached hydrogens (tertiary/aromatic N) is 1. The van der Waals surface area contributed by atoms with Crippen molar-refractivity contribution in [1.29, 1.82) is 0 Å². The van der Waals surface area contributed by atoms with Crippen molar-refractivity contribution in [3.63, 3.8) is 0 Å².